The highest BCUT2D eigenvalue weighted by atomic mass is 17.0. The number of benzene rings is 1. The number of aryl methyl sites for hydroxylation is 1. The number of rotatable bonds is 1. The molecule has 94 valence electrons. The average molecular weight is 236 g/mol. The maximum absolute atomic E-state index is 5.82. The third kappa shape index (κ3) is 2.10. The van der Waals surface area contributed by atoms with Gasteiger partial charge in [-0.1, -0.05) is 0 Å². The van der Waals surface area contributed by atoms with E-state index in [9.17, 15) is 0 Å². The van der Waals surface area contributed by atoms with Gasteiger partial charge < -0.3 is 5.73 Å². The molecule has 4 heteroatoms. The Labute approximate surface area is 102 Å². The van der Waals surface area contributed by atoms with Crippen LogP contribution in [-0.4, -0.2) is 11.2 Å². The summed E-state index contributed by atoms with van der Waals surface area (Å²) in [7, 11) is 0. The minimum Gasteiger partial charge on any atom is -0.399 e. The van der Waals surface area contributed by atoms with E-state index in [1.54, 1.807) is 0 Å². The van der Waals surface area contributed by atoms with Crippen LogP contribution in [0.15, 0.2) is 18.2 Å². The molecule has 1 aromatic rings. The number of anilines is 2. The Morgan fingerprint density at radius 2 is 1.53 bits per heavy atom. The molecule has 4 nitrogen and oxygen atoms in total. The summed E-state index contributed by atoms with van der Waals surface area (Å²) in [4.78, 5) is 11.6. The first-order valence-corrected chi connectivity index (χ1v) is 5.77. The zero-order chi connectivity index (χ0) is 12.8. The number of nitrogen functional groups attached to an aromatic ring is 1. The van der Waals surface area contributed by atoms with Gasteiger partial charge >= 0.3 is 0 Å². The first-order chi connectivity index (χ1) is 7.71. The van der Waals surface area contributed by atoms with Gasteiger partial charge in [0.1, 0.15) is 11.2 Å². The largest absolute Gasteiger partial charge is 0.399 e. The van der Waals surface area contributed by atoms with Gasteiger partial charge in [0.05, 0.1) is 5.69 Å². The molecule has 1 fully saturated rings. The molecule has 0 amide bonds. The van der Waals surface area contributed by atoms with Crippen molar-refractivity contribution in [3.63, 3.8) is 0 Å². The summed E-state index contributed by atoms with van der Waals surface area (Å²) in [6.45, 7) is 10.0. The van der Waals surface area contributed by atoms with Crippen molar-refractivity contribution < 1.29 is 9.68 Å². The molecule has 1 heterocycles. The van der Waals surface area contributed by atoms with Crippen molar-refractivity contribution in [1.82, 2.24) is 0 Å². The van der Waals surface area contributed by atoms with Crippen molar-refractivity contribution in [2.75, 3.05) is 11.0 Å². The Morgan fingerprint density at radius 1 is 1.00 bits per heavy atom. The van der Waals surface area contributed by atoms with E-state index in [-0.39, 0.29) is 11.2 Å². The average Bonchev–Trinajstić information content (AvgIpc) is 2.34. The zero-order valence-corrected chi connectivity index (χ0v) is 11.1. The van der Waals surface area contributed by atoms with Crippen LogP contribution in [0.2, 0.25) is 0 Å². The smallest absolute Gasteiger partial charge is 0.124 e. The lowest BCUT2D eigenvalue weighted by Crippen LogP contribution is -2.41. The van der Waals surface area contributed by atoms with Gasteiger partial charge in [-0.2, -0.15) is 0 Å². The predicted octanol–water partition coefficient (Wildman–Crippen LogP) is 2.82. The van der Waals surface area contributed by atoms with Gasteiger partial charge in [-0.25, -0.2) is 9.68 Å². The molecule has 0 spiro atoms. The Kier molecular flexibility index (Phi) is 2.60. The highest BCUT2D eigenvalue weighted by molar-refractivity contribution is 5.56. The van der Waals surface area contributed by atoms with Crippen molar-refractivity contribution >= 4 is 11.4 Å². The third-order valence-corrected chi connectivity index (χ3v) is 3.37. The number of nitrogens with two attached hydrogens (primary N) is 1. The van der Waals surface area contributed by atoms with Gasteiger partial charge in [-0.05, 0) is 58.4 Å². The van der Waals surface area contributed by atoms with Crippen molar-refractivity contribution in [3.8, 4) is 0 Å². The van der Waals surface area contributed by atoms with Crippen molar-refractivity contribution in [1.29, 1.82) is 0 Å². The van der Waals surface area contributed by atoms with E-state index in [1.807, 2.05) is 52.8 Å². The minimum atomic E-state index is -0.383. The van der Waals surface area contributed by atoms with Gasteiger partial charge in [0.2, 0.25) is 0 Å². The first kappa shape index (κ1) is 12.2. The van der Waals surface area contributed by atoms with Crippen LogP contribution in [0.25, 0.3) is 0 Å². The van der Waals surface area contributed by atoms with E-state index in [0.29, 0.717) is 5.69 Å². The second-order valence-corrected chi connectivity index (χ2v) is 5.56. The molecule has 1 aliphatic heterocycles. The first-order valence-electron chi connectivity index (χ1n) is 5.77. The molecular formula is C13H20N2O2. The quantitative estimate of drug-likeness (QED) is 0.762. The lowest BCUT2D eigenvalue weighted by atomic mass is 9.90. The van der Waals surface area contributed by atoms with Gasteiger partial charge in [-0.15, -0.1) is 5.23 Å². The SMILES string of the molecule is Cc1cc(N)cc(N2OC(C)(C)C(C)(C)O2)c1. The fraction of sp³-hybridized carbons (Fsp3) is 0.538. The monoisotopic (exact) mass is 236 g/mol. The van der Waals surface area contributed by atoms with Crippen molar-refractivity contribution in [3.05, 3.63) is 23.8 Å². The maximum Gasteiger partial charge on any atom is 0.124 e. The third-order valence-electron chi connectivity index (χ3n) is 3.37. The molecule has 0 bridgehead atoms. The number of hydrogen-bond donors (Lipinski definition) is 1. The second-order valence-electron chi connectivity index (χ2n) is 5.56. The molecule has 2 rings (SSSR count). The molecule has 0 aliphatic carbocycles. The summed E-state index contributed by atoms with van der Waals surface area (Å²) in [6, 6.07) is 5.73. The fourth-order valence-corrected chi connectivity index (χ4v) is 1.66. The van der Waals surface area contributed by atoms with Crippen LogP contribution < -0.4 is 11.0 Å². The van der Waals surface area contributed by atoms with E-state index in [2.05, 4.69) is 0 Å². The van der Waals surface area contributed by atoms with E-state index in [1.165, 1.54) is 5.23 Å². The highest BCUT2D eigenvalue weighted by Crippen LogP contribution is 2.40. The summed E-state index contributed by atoms with van der Waals surface area (Å²) >= 11 is 0. The van der Waals surface area contributed by atoms with Gasteiger partial charge in [0.15, 0.2) is 0 Å². The Bertz CT molecular complexity index is 405. The summed E-state index contributed by atoms with van der Waals surface area (Å²) in [5.74, 6) is 0. The molecule has 1 aliphatic rings. The van der Waals surface area contributed by atoms with Crippen LogP contribution in [0.5, 0.6) is 0 Å². The van der Waals surface area contributed by atoms with Crippen LogP contribution in [-0.2, 0) is 9.68 Å². The zero-order valence-electron chi connectivity index (χ0n) is 11.1. The summed E-state index contributed by atoms with van der Waals surface area (Å²) < 4.78 is 0. The van der Waals surface area contributed by atoms with Crippen LogP contribution >= 0.6 is 0 Å². The van der Waals surface area contributed by atoms with Gasteiger partial charge in [-0.3, -0.25) is 0 Å². The molecule has 1 saturated heterocycles. The van der Waals surface area contributed by atoms with Crippen LogP contribution in [0.4, 0.5) is 11.4 Å². The van der Waals surface area contributed by atoms with Crippen LogP contribution in [0.1, 0.15) is 33.3 Å². The summed E-state index contributed by atoms with van der Waals surface area (Å²) in [5.41, 5.74) is 7.66. The highest BCUT2D eigenvalue weighted by Gasteiger charge is 2.50. The normalized spacial score (nSPS) is 21.8. The second kappa shape index (κ2) is 3.62. The van der Waals surface area contributed by atoms with Crippen molar-refractivity contribution in [2.45, 2.75) is 45.8 Å². The molecule has 0 unspecified atom stereocenters. The molecule has 17 heavy (non-hydrogen) atoms. The fourth-order valence-electron chi connectivity index (χ4n) is 1.66. The Hall–Kier alpha value is -1.26. The lowest BCUT2D eigenvalue weighted by molar-refractivity contribution is -0.0273. The number of nitrogens with zero attached hydrogens (tertiary/aromatic N) is 1. The molecule has 0 atom stereocenters. The Morgan fingerprint density at radius 3 is 2.00 bits per heavy atom. The van der Waals surface area contributed by atoms with E-state index >= 15 is 0 Å². The molecule has 1 aromatic carbocycles. The van der Waals surface area contributed by atoms with Gasteiger partial charge in [0.25, 0.3) is 0 Å². The molecule has 2 N–H and O–H groups in total. The summed E-state index contributed by atoms with van der Waals surface area (Å²) in [5, 5.41) is 1.46. The predicted molar refractivity (Wildman–Crippen MR) is 68.4 cm³/mol. The molecular weight excluding hydrogens is 216 g/mol. The topological polar surface area (TPSA) is 47.7 Å². The summed E-state index contributed by atoms with van der Waals surface area (Å²) in [6.07, 6.45) is 0. The minimum absolute atomic E-state index is 0.383. The maximum atomic E-state index is 5.82. The molecule has 0 aromatic heterocycles. The Balaban J connectivity index is 2.32. The lowest BCUT2D eigenvalue weighted by Gasteiger charge is -2.26. The van der Waals surface area contributed by atoms with Crippen LogP contribution in [0, 0.1) is 6.92 Å². The number of hydrogen-bond acceptors (Lipinski definition) is 4. The molecule has 0 radical (unpaired) electrons. The van der Waals surface area contributed by atoms with Gasteiger partial charge in [0, 0.05) is 5.69 Å². The van der Waals surface area contributed by atoms with E-state index < -0.39 is 0 Å². The van der Waals surface area contributed by atoms with Crippen molar-refractivity contribution in [2.24, 2.45) is 0 Å². The standard InChI is InChI=1S/C13H20N2O2/c1-9-6-10(14)8-11(7-9)15-16-12(2,3)13(4,5)17-15/h6-8H,14H2,1-5H3. The van der Waals surface area contributed by atoms with E-state index in [4.69, 9.17) is 15.4 Å². The van der Waals surface area contributed by atoms with Crippen LogP contribution in [0.3, 0.4) is 0 Å². The van der Waals surface area contributed by atoms with E-state index in [0.717, 1.165) is 11.3 Å². The molecule has 0 saturated carbocycles.